The first kappa shape index (κ1) is 13.1. The number of benzene rings is 1. The number of halogens is 1. The molecule has 2 heterocycles. The van der Waals surface area contributed by atoms with Gasteiger partial charge in [0.15, 0.2) is 0 Å². The Bertz CT molecular complexity index is 556. The predicted molar refractivity (Wildman–Crippen MR) is 79.4 cm³/mol. The van der Waals surface area contributed by atoms with Crippen molar-refractivity contribution in [2.24, 2.45) is 0 Å². The molecule has 2 aromatic rings. The maximum atomic E-state index is 13.2. The molecule has 0 N–H and O–H groups in total. The van der Waals surface area contributed by atoms with Crippen LogP contribution in [0.25, 0.3) is 0 Å². The summed E-state index contributed by atoms with van der Waals surface area (Å²) in [7, 11) is 0. The van der Waals surface area contributed by atoms with E-state index in [1.165, 1.54) is 18.1 Å². The van der Waals surface area contributed by atoms with Gasteiger partial charge < -0.3 is 4.90 Å². The summed E-state index contributed by atoms with van der Waals surface area (Å²) in [6.07, 6.45) is 3.41. The average molecular weight is 270 g/mol. The summed E-state index contributed by atoms with van der Waals surface area (Å²) >= 11 is 0. The van der Waals surface area contributed by atoms with Gasteiger partial charge >= 0.3 is 0 Å². The molecule has 1 atom stereocenters. The van der Waals surface area contributed by atoms with Gasteiger partial charge in [0.2, 0.25) is 5.95 Å². The third-order valence-corrected chi connectivity index (χ3v) is 4.02. The van der Waals surface area contributed by atoms with Gasteiger partial charge in [0.05, 0.1) is 0 Å². The van der Waals surface area contributed by atoms with Gasteiger partial charge in [-0.3, -0.25) is 0 Å². The summed E-state index contributed by atoms with van der Waals surface area (Å²) in [5, 5.41) is 0. The van der Waals surface area contributed by atoms with Crippen molar-refractivity contribution in [2.75, 3.05) is 18.0 Å². The summed E-state index contributed by atoms with van der Waals surface area (Å²) in [5.41, 5.74) is 1.42. The lowest BCUT2D eigenvalue weighted by Gasteiger charge is -2.21. The molecule has 1 aromatic carbocycles. The Morgan fingerprint density at radius 3 is 2.60 bits per heavy atom. The Kier molecular flexibility index (Phi) is 3.95. The highest BCUT2D eigenvalue weighted by Crippen LogP contribution is 2.29. The Labute approximate surface area is 119 Å². The Morgan fingerprint density at radius 1 is 0.950 bits per heavy atom. The second-order valence-corrected chi connectivity index (χ2v) is 5.34. The molecular weight excluding hydrogens is 251 g/mol. The molecule has 0 saturated carbocycles. The smallest absolute Gasteiger partial charge is 0.214 e. The number of hydrogen-bond donors (Lipinski definition) is 0. The minimum absolute atomic E-state index is 0.397. The lowest BCUT2D eigenvalue weighted by Crippen LogP contribution is -2.25. The first-order chi connectivity index (χ1) is 9.83. The molecule has 2 nitrogen and oxygen atoms in total. The van der Waals surface area contributed by atoms with Crippen LogP contribution in [0.2, 0.25) is 0 Å². The SMILES string of the molecule is Fc1cccc(N2CCCC(c3ccccc3)CC2)n1. The first-order valence-electron chi connectivity index (χ1n) is 7.25. The fraction of sp³-hybridized carbons (Fsp3) is 0.353. The van der Waals surface area contributed by atoms with E-state index in [2.05, 4.69) is 40.2 Å². The highest BCUT2D eigenvalue weighted by atomic mass is 19.1. The van der Waals surface area contributed by atoms with E-state index in [4.69, 9.17) is 0 Å². The van der Waals surface area contributed by atoms with Crippen molar-refractivity contribution in [3.63, 3.8) is 0 Å². The molecule has 0 radical (unpaired) electrons. The van der Waals surface area contributed by atoms with E-state index in [0.29, 0.717) is 5.92 Å². The van der Waals surface area contributed by atoms with E-state index < -0.39 is 5.95 Å². The molecule has 0 amide bonds. The lowest BCUT2D eigenvalue weighted by atomic mass is 9.92. The summed E-state index contributed by atoms with van der Waals surface area (Å²) < 4.78 is 13.2. The van der Waals surface area contributed by atoms with Crippen molar-refractivity contribution in [1.29, 1.82) is 0 Å². The molecule has 1 aliphatic rings. The van der Waals surface area contributed by atoms with E-state index in [1.54, 1.807) is 6.07 Å². The van der Waals surface area contributed by atoms with Gasteiger partial charge in [-0.15, -0.1) is 0 Å². The van der Waals surface area contributed by atoms with Gasteiger partial charge in [0.1, 0.15) is 5.82 Å². The van der Waals surface area contributed by atoms with Crippen LogP contribution in [0.1, 0.15) is 30.7 Å². The van der Waals surface area contributed by atoms with Crippen LogP contribution >= 0.6 is 0 Å². The Hall–Kier alpha value is -1.90. The van der Waals surface area contributed by atoms with Crippen molar-refractivity contribution in [2.45, 2.75) is 25.2 Å². The molecule has 20 heavy (non-hydrogen) atoms. The topological polar surface area (TPSA) is 16.1 Å². The number of nitrogens with zero attached hydrogens (tertiary/aromatic N) is 2. The van der Waals surface area contributed by atoms with Crippen molar-refractivity contribution < 1.29 is 4.39 Å². The minimum Gasteiger partial charge on any atom is -0.357 e. The van der Waals surface area contributed by atoms with Crippen LogP contribution in [0.15, 0.2) is 48.5 Å². The van der Waals surface area contributed by atoms with Crippen LogP contribution in [0.5, 0.6) is 0 Å². The number of pyridine rings is 1. The number of rotatable bonds is 2. The highest BCUT2D eigenvalue weighted by molar-refractivity contribution is 5.38. The Balaban J connectivity index is 1.71. The van der Waals surface area contributed by atoms with Gasteiger partial charge in [-0.1, -0.05) is 36.4 Å². The van der Waals surface area contributed by atoms with Gasteiger partial charge in [-0.25, -0.2) is 4.98 Å². The van der Waals surface area contributed by atoms with Gasteiger partial charge in [-0.2, -0.15) is 4.39 Å². The van der Waals surface area contributed by atoms with E-state index in [-0.39, 0.29) is 0 Å². The molecule has 104 valence electrons. The molecule has 1 unspecified atom stereocenters. The van der Waals surface area contributed by atoms with E-state index in [1.807, 2.05) is 6.07 Å². The highest BCUT2D eigenvalue weighted by Gasteiger charge is 2.19. The Morgan fingerprint density at radius 2 is 1.80 bits per heavy atom. The van der Waals surface area contributed by atoms with Crippen LogP contribution in [-0.4, -0.2) is 18.1 Å². The van der Waals surface area contributed by atoms with Crippen molar-refractivity contribution in [3.05, 3.63) is 60.0 Å². The number of aromatic nitrogens is 1. The monoisotopic (exact) mass is 270 g/mol. The lowest BCUT2D eigenvalue weighted by molar-refractivity contribution is 0.580. The second-order valence-electron chi connectivity index (χ2n) is 5.34. The van der Waals surface area contributed by atoms with Gasteiger partial charge in [0.25, 0.3) is 0 Å². The quantitative estimate of drug-likeness (QED) is 0.767. The summed E-state index contributed by atoms with van der Waals surface area (Å²) in [6, 6.07) is 15.7. The second kappa shape index (κ2) is 6.04. The molecule has 0 bridgehead atoms. The minimum atomic E-state index is -0.397. The fourth-order valence-corrected chi connectivity index (χ4v) is 2.96. The predicted octanol–water partition coefficient (Wildman–Crippen LogP) is 3.99. The summed E-state index contributed by atoms with van der Waals surface area (Å²) in [6.45, 7) is 1.90. The van der Waals surface area contributed by atoms with Crippen molar-refractivity contribution >= 4 is 5.82 Å². The molecule has 1 aromatic heterocycles. The standard InChI is InChI=1S/C17H19FN2/c18-16-9-4-10-17(19-16)20-12-5-8-15(11-13-20)14-6-2-1-3-7-14/h1-4,6-7,9-10,15H,5,8,11-13H2. The molecule has 3 heteroatoms. The van der Waals surface area contributed by atoms with E-state index in [0.717, 1.165) is 31.7 Å². The van der Waals surface area contributed by atoms with Crippen LogP contribution in [0.3, 0.4) is 0 Å². The molecule has 1 fully saturated rings. The van der Waals surface area contributed by atoms with Crippen LogP contribution in [0, 0.1) is 5.95 Å². The van der Waals surface area contributed by atoms with Gasteiger partial charge in [0, 0.05) is 13.1 Å². The normalized spacial score (nSPS) is 19.6. The first-order valence-corrected chi connectivity index (χ1v) is 7.25. The molecule has 0 aliphatic carbocycles. The maximum Gasteiger partial charge on any atom is 0.214 e. The third kappa shape index (κ3) is 2.98. The molecule has 1 aliphatic heterocycles. The van der Waals surface area contributed by atoms with Crippen molar-refractivity contribution in [3.8, 4) is 0 Å². The fourth-order valence-electron chi connectivity index (χ4n) is 2.96. The molecule has 1 saturated heterocycles. The zero-order valence-electron chi connectivity index (χ0n) is 11.5. The van der Waals surface area contributed by atoms with E-state index >= 15 is 0 Å². The van der Waals surface area contributed by atoms with E-state index in [9.17, 15) is 4.39 Å². The van der Waals surface area contributed by atoms with Crippen LogP contribution < -0.4 is 4.90 Å². The number of anilines is 1. The van der Waals surface area contributed by atoms with Crippen molar-refractivity contribution in [1.82, 2.24) is 4.98 Å². The summed E-state index contributed by atoms with van der Waals surface area (Å²) in [4.78, 5) is 6.20. The van der Waals surface area contributed by atoms with Gasteiger partial charge in [-0.05, 0) is 42.9 Å². The van der Waals surface area contributed by atoms with Crippen LogP contribution in [0.4, 0.5) is 10.2 Å². The molecule has 0 spiro atoms. The largest absolute Gasteiger partial charge is 0.357 e. The van der Waals surface area contributed by atoms with Crippen LogP contribution in [-0.2, 0) is 0 Å². The molecule has 3 rings (SSSR count). The zero-order valence-corrected chi connectivity index (χ0v) is 11.5. The average Bonchev–Trinajstić information content (AvgIpc) is 2.74. The molecular formula is C17H19FN2. The zero-order chi connectivity index (χ0) is 13.8. The maximum absolute atomic E-state index is 13.2. The summed E-state index contributed by atoms with van der Waals surface area (Å²) in [5.74, 6) is 0.972. The number of hydrogen-bond acceptors (Lipinski definition) is 2. The third-order valence-electron chi connectivity index (χ3n) is 4.02.